The molecule has 1 heterocycles. The summed E-state index contributed by atoms with van der Waals surface area (Å²) in [5.74, 6) is -0.606. The molecule has 3 atom stereocenters. The summed E-state index contributed by atoms with van der Waals surface area (Å²) in [6.45, 7) is 8.92. The Hall–Kier alpha value is -2.68. The molecule has 1 saturated heterocycles. The molecule has 0 aliphatic carbocycles. The van der Waals surface area contributed by atoms with Crippen molar-refractivity contribution in [2.45, 2.75) is 57.7 Å². The molecule has 32 heavy (non-hydrogen) atoms. The second kappa shape index (κ2) is 11.8. The van der Waals surface area contributed by atoms with Crippen molar-refractivity contribution in [2.75, 3.05) is 21.0 Å². The van der Waals surface area contributed by atoms with Crippen LogP contribution < -0.4 is 9.47 Å². The van der Waals surface area contributed by atoms with Gasteiger partial charge in [-0.05, 0) is 38.8 Å². The summed E-state index contributed by atoms with van der Waals surface area (Å²) in [6.07, 6.45) is 5.44. The zero-order valence-corrected chi connectivity index (χ0v) is 19.3. The minimum absolute atomic E-state index is 0.0534. The number of ether oxygens (including phenoxy) is 6. The predicted molar refractivity (Wildman–Crippen MR) is 119 cm³/mol. The van der Waals surface area contributed by atoms with Crippen LogP contribution in [0.1, 0.15) is 49.5 Å². The lowest BCUT2D eigenvalue weighted by molar-refractivity contribution is -0.149. The van der Waals surface area contributed by atoms with E-state index in [4.69, 9.17) is 28.4 Å². The summed E-state index contributed by atoms with van der Waals surface area (Å²) in [5, 5.41) is 0. The smallest absolute Gasteiger partial charge is 0.342 e. The molecule has 0 amide bonds. The van der Waals surface area contributed by atoms with Crippen molar-refractivity contribution >= 4 is 18.3 Å². The van der Waals surface area contributed by atoms with E-state index in [0.29, 0.717) is 24.2 Å². The highest BCUT2D eigenvalue weighted by atomic mass is 16.8. The number of benzene rings is 1. The van der Waals surface area contributed by atoms with Crippen LogP contribution in [0.4, 0.5) is 0 Å². The number of rotatable bonds is 12. The second-order valence-electron chi connectivity index (χ2n) is 7.79. The number of aldehydes is 1. The SMILES string of the molecule is C=CCC(C)OC(=O)c1c(/C=C/C[C@@H]2OC(C)(C)OC2C=O)cc(OC)cc1OCOC. The molecule has 8 heteroatoms. The molecule has 0 saturated carbocycles. The fourth-order valence-corrected chi connectivity index (χ4v) is 3.33. The molecule has 1 aliphatic rings. The first-order valence-electron chi connectivity index (χ1n) is 10.4. The van der Waals surface area contributed by atoms with E-state index < -0.39 is 24.0 Å². The fraction of sp³-hybridized carbons (Fsp3) is 0.500. The van der Waals surface area contributed by atoms with Crippen LogP contribution in [0.15, 0.2) is 30.9 Å². The van der Waals surface area contributed by atoms with Gasteiger partial charge in [0.05, 0.1) is 13.2 Å². The summed E-state index contributed by atoms with van der Waals surface area (Å²) in [4.78, 5) is 24.3. The van der Waals surface area contributed by atoms with Crippen molar-refractivity contribution < 1.29 is 38.0 Å². The highest BCUT2D eigenvalue weighted by Crippen LogP contribution is 2.33. The summed E-state index contributed by atoms with van der Waals surface area (Å²) in [7, 11) is 3.01. The number of hydrogen-bond donors (Lipinski definition) is 0. The summed E-state index contributed by atoms with van der Waals surface area (Å²) >= 11 is 0. The summed E-state index contributed by atoms with van der Waals surface area (Å²) < 4.78 is 32.9. The first-order chi connectivity index (χ1) is 15.2. The van der Waals surface area contributed by atoms with E-state index in [9.17, 15) is 9.59 Å². The van der Waals surface area contributed by atoms with Gasteiger partial charge in [-0.1, -0.05) is 18.2 Å². The maximum absolute atomic E-state index is 13.0. The third kappa shape index (κ3) is 6.91. The first-order valence-corrected chi connectivity index (χ1v) is 10.4. The van der Waals surface area contributed by atoms with Gasteiger partial charge in [-0.3, -0.25) is 0 Å². The van der Waals surface area contributed by atoms with Crippen LogP contribution in [-0.2, 0) is 23.7 Å². The molecule has 8 nitrogen and oxygen atoms in total. The van der Waals surface area contributed by atoms with E-state index in [-0.39, 0.29) is 24.2 Å². The van der Waals surface area contributed by atoms with E-state index in [1.54, 1.807) is 45.1 Å². The van der Waals surface area contributed by atoms with Crippen LogP contribution in [0.3, 0.4) is 0 Å². The minimum atomic E-state index is -0.836. The maximum atomic E-state index is 13.0. The molecular weight excluding hydrogens is 416 g/mol. The molecule has 176 valence electrons. The number of carbonyl (C=O) groups excluding carboxylic acids is 2. The van der Waals surface area contributed by atoms with Gasteiger partial charge in [0.15, 0.2) is 18.9 Å². The Morgan fingerprint density at radius 1 is 1.28 bits per heavy atom. The van der Waals surface area contributed by atoms with E-state index in [1.807, 2.05) is 6.08 Å². The van der Waals surface area contributed by atoms with Crippen molar-refractivity contribution in [3.63, 3.8) is 0 Å². The van der Waals surface area contributed by atoms with Crippen LogP contribution in [0, 0.1) is 0 Å². The standard InChI is InChI=1S/C24H32O8/c1-7-9-16(2)30-23(26)22-17(12-18(28-6)13-20(22)29-15-27-5)10-8-11-19-21(14-25)32-24(3,4)31-19/h7-8,10,12-14,16,19,21H,1,9,11,15H2,2-6H3/b10-8+/t16?,19-,21?/m0/s1. The third-order valence-corrected chi connectivity index (χ3v) is 4.71. The van der Waals surface area contributed by atoms with Crippen molar-refractivity contribution in [2.24, 2.45) is 0 Å². The molecule has 0 bridgehead atoms. The summed E-state index contributed by atoms with van der Waals surface area (Å²) in [6, 6.07) is 3.31. The molecule has 2 unspecified atom stereocenters. The molecule has 1 aromatic rings. The van der Waals surface area contributed by atoms with Crippen molar-refractivity contribution in [1.29, 1.82) is 0 Å². The lowest BCUT2D eigenvalue weighted by atomic mass is 10.0. The Morgan fingerprint density at radius 2 is 2.03 bits per heavy atom. The average molecular weight is 449 g/mol. The number of carbonyl (C=O) groups is 2. The second-order valence-corrected chi connectivity index (χ2v) is 7.79. The number of esters is 1. The van der Waals surface area contributed by atoms with Gasteiger partial charge in [0.25, 0.3) is 0 Å². The van der Waals surface area contributed by atoms with E-state index >= 15 is 0 Å². The lowest BCUT2D eigenvalue weighted by Crippen LogP contribution is -2.23. The Morgan fingerprint density at radius 3 is 2.66 bits per heavy atom. The molecule has 2 rings (SSSR count). The maximum Gasteiger partial charge on any atom is 0.342 e. The zero-order chi connectivity index (χ0) is 23.7. The van der Waals surface area contributed by atoms with Crippen LogP contribution in [0.5, 0.6) is 11.5 Å². The number of methoxy groups -OCH3 is 2. The van der Waals surface area contributed by atoms with Gasteiger partial charge >= 0.3 is 5.97 Å². The van der Waals surface area contributed by atoms with Gasteiger partial charge in [0.1, 0.15) is 29.3 Å². The molecule has 1 fully saturated rings. The van der Waals surface area contributed by atoms with E-state index in [0.717, 1.165) is 6.29 Å². The van der Waals surface area contributed by atoms with Gasteiger partial charge < -0.3 is 33.2 Å². The van der Waals surface area contributed by atoms with Crippen LogP contribution in [0.25, 0.3) is 6.08 Å². The van der Waals surface area contributed by atoms with Crippen LogP contribution in [0.2, 0.25) is 0 Å². The van der Waals surface area contributed by atoms with E-state index in [1.165, 1.54) is 14.2 Å². The normalized spacial score (nSPS) is 20.7. The lowest BCUT2D eigenvalue weighted by Gasteiger charge is -2.17. The van der Waals surface area contributed by atoms with Gasteiger partial charge in [-0.25, -0.2) is 4.79 Å². The van der Waals surface area contributed by atoms with Gasteiger partial charge in [-0.2, -0.15) is 0 Å². The Labute approximate surface area is 189 Å². The van der Waals surface area contributed by atoms with Crippen LogP contribution in [-0.4, -0.2) is 57.4 Å². The predicted octanol–water partition coefficient (Wildman–Crippen LogP) is 3.92. The Balaban J connectivity index is 2.35. The molecular formula is C24H32O8. The highest BCUT2D eigenvalue weighted by Gasteiger charge is 2.40. The van der Waals surface area contributed by atoms with Crippen molar-refractivity contribution in [3.8, 4) is 11.5 Å². The Bertz CT molecular complexity index is 830. The first kappa shape index (κ1) is 25.6. The number of hydrogen-bond acceptors (Lipinski definition) is 8. The van der Waals surface area contributed by atoms with Crippen molar-refractivity contribution in [3.05, 3.63) is 42.0 Å². The minimum Gasteiger partial charge on any atom is -0.497 e. The highest BCUT2D eigenvalue weighted by molar-refractivity contribution is 5.97. The monoisotopic (exact) mass is 448 g/mol. The fourth-order valence-electron chi connectivity index (χ4n) is 3.33. The third-order valence-electron chi connectivity index (χ3n) is 4.71. The van der Waals surface area contributed by atoms with Gasteiger partial charge in [-0.15, -0.1) is 6.58 Å². The topological polar surface area (TPSA) is 89.5 Å². The molecule has 1 aliphatic heterocycles. The van der Waals surface area contributed by atoms with Gasteiger partial charge in [0.2, 0.25) is 0 Å². The van der Waals surface area contributed by atoms with Gasteiger partial charge in [0, 0.05) is 19.6 Å². The quantitative estimate of drug-likeness (QED) is 0.206. The summed E-state index contributed by atoms with van der Waals surface area (Å²) in [5.41, 5.74) is 0.776. The molecule has 0 spiro atoms. The molecule has 0 radical (unpaired) electrons. The molecule has 0 N–H and O–H groups in total. The average Bonchev–Trinajstić information content (AvgIpc) is 3.05. The zero-order valence-electron chi connectivity index (χ0n) is 19.3. The largest absolute Gasteiger partial charge is 0.497 e. The van der Waals surface area contributed by atoms with Crippen molar-refractivity contribution in [1.82, 2.24) is 0 Å². The van der Waals surface area contributed by atoms with Crippen LogP contribution >= 0.6 is 0 Å². The van der Waals surface area contributed by atoms with E-state index in [2.05, 4.69) is 6.58 Å². The Kier molecular flexibility index (Phi) is 9.43. The molecule has 0 aromatic heterocycles. The molecule has 1 aromatic carbocycles.